The van der Waals surface area contributed by atoms with E-state index in [1.165, 1.54) is 18.2 Å². The molecule has 0 bridgehead atoms. The molecule has 1 saturated carbocycles. The molecule has 0 radical (unpaired) electrons. The van der Waals surface area contributed by atoms with Crippen LogP contribution in [0.15, 0.2) is 42.5 Å². The van der Waals surface area contributed by atoms with E-state index in [9.17, 15) is 23.1 Å². The van der Waals surface area contributed by atoms with Crippen LogP contribution in [0.25, 0.3) is 16.7 Å². The number of halogens is 3. The van der Waals surface area contributed by atoms with Crippen LogP contribution >= 0.6 is 0 Å². The first-order valence-electron chi connectivity index (χ1n) is 9.25. The SMILES string of the molecule is O=C(O)c1cccc(-n2c(CC3CCCC3)nc3cc(C(F)(F)F)ccc32)c1. The van der Waals surface area contributed by atoms with Crippen LogP contribution in [0.5, 0.6) is 0 Å². The zero-order chi connectivity index (χ0) is 19.9. The lowest BCUT2D eigenvalue weighted by Gasteiger charge is -2.13. The molecule has 4 nitrogen and oxygen atoms in total. The van der Waals surface area contributed by atoms with Gasteiger partial charge >= 0.3 is 12.1 Å². The first kappa shape index (κ1) is 18.5. The van der Waals surface area contributed by atoms with Gasteiger partial charge in [-0.2, -0.15) is 13.2 Å². The first-order chi connectivity index (χ1) is 13.3. The van der Waals surface area contributed by atoms with E-state index < -0.39 is 17.7 Å². The summed E-state index contributed by atoms with van der Waals surface area (Å²) in [5, 5.41) is 9.30. The molecule has 1 aromatic heterocycles. The van der Waals surface area contributed by atoms with Crippen molar-refractivity contribution in [3.05, 3.63) is 59.4 Å². The van der Waals surface area contributed by atoms with Crippen molar-refractivity contribution in [2.24, 2.45) is 5.92 Å². The molecule has 1 aliphatic rings. The fraction of sp³-hybridized carbons (Fsp3) is 0.333. The number of rotatable bonds is 4. The predicted molar refractivity (Wildman–Crippen MR) is 98.7 cm³/mol. The molecule has 3 aromatic rings. The second kappa shape index (κ2) is 6.96. The van der Waals surface area contributed by atoms with Gasteiger partial charge in [0.2, 0.25) is 0 Å². The highest BCUT2D eigenvalue weighted by Crippen LogP contribution is 2.34. The van der Waals surface area contributed by atoms with E-state index in [2.05, 4.69) is 4.98 Å². The molecule has 0 amide bonds. The number of aromatic carboxylic acids is 1. The van der Waals surface area contributed by atoms with Crippen molar-refractivity contribution in [1.82, 2.24) is 9.55 Å². The highest BCUT2D eigenvalue weighted by Gasteiger charge is 2.31. The van der Waals surface area contributed by atoms with E-state index in [-0.39, 0.29) is 11.1 Å². The van der Waals surface area contributed by atoms with Gasteiger partial charge < -0.3 is 5.11 Å². The lowest BCUT2D eigenvalue weighted by molar-refractivity contribution is -0.137. The first-order valence-corrected chi connectivity index (χ1v) is 9.25. The molecule has 1 fully saturated rings. The van der Waals surface area contributed by atoms with Gasteiger partial charge in [0.15, 0.2) is 0 Å². The summed E-state index contributed by atoms with van der Waals surface area (Å²) < 4.78 is 41.1. The van der Waals surface area contributed by atoms with Gasteiger partial charge in [-0.3, -0.25) is 4.57 Å². The number of hydrogen-bond donors (Lipinski definition) is 1. The van der Waals surface area contributed by atoms with Gasteiger partial charge in [0.05, 0.1) is 22.2 Å². The fourth-order valence-electron chi connectivity index (χ4n) is 3.98. The number of hydrogen-bond acceptors (Lipinski definition) is 2. The zero-order valence-electron chi connectivity index (χ0n) is 15.0. The summed E-state index contributed by atoms with van der Waals surface area (Å²) in [6, 6.07) is 9.92. The molecule has 7 heteroatoms. The second-order valence-corrected chi connectivity index (χ2v) is 7.27. The number of benzene rings is 2. The Hall–Kier alpha value is -2.83. The van der Waals surface area contributed by atoms with Crippen LogP contribution in [0.3, 0.4) is 0 Å². The van der Waals surface area contributed by atoms with Crippen LogP contribution in [-0.2, 0) is 12.6 Å². The summed E-state index contributed by atoms with van der Waals surface area (Å²) in [4.78, 5) is 15.9. The van der Waals surface area contributed by atoms with E-state index in [0.29, 0.717) is 29.4 Å². The second-order valence-electron chi connectivity index (χ2n) is 7.27. The zero-order valence-corrected chi connectivity index (χ0v) is 15.0. The highest BCUT2D eigenvalue weighted by atomic mass is 19.4. The van der Waals surface area contributed by atoms with Crippen molar-refractivity contribution in [3.63, 3.8) is 0 Å². The van der Waals surface area contributed by atoms with Crippen LogP contribution in [0.4, 0.5) is 13.2 Å². The van der Waals surface area contributed by atoms with Crippen molar-refractivity contribution >= 4 is 17.0 Å². The minimum absolute atomic E-state index is 0.123. The summed E-state index contributed by atoms with van der Waals surface area (Å²) >= 11 is 0. The average Bonchev–Trinajstić information content (AvgIpc) is 3.28. The minimum Gasteiger partial charge on any atom is -0.478 e. The molecule has 28 heavy (non-hydrogen) atoms. The number of carboxylic acids is 1. The van der Waals surface area contributed by atoms with E-state index in [4.69, 9.17) is 0 Å². The summed E-state index contributed by atoms with van der Waals surface area (Å²) in [5.74, 6) is 0.0621. The van der Waals surface area contributed by atoms with Crippen LogP contribution in [0.2, 0.25) is 0 Å². The van der Waals surface area contributed by atoms with Crippen molar-refractivity contribution < 1.29 is 23.1 Å². The predicted octanol–water partition coefficient (Wildman–Crippen LogP) is 5.48. The van der Waals surface area contributed by atoms with E-state index in [1.807, 2.05) is 0 Å². The monoisotopic (exact) mass is 388 g/mol. The molecular weight excluding hydrogens is 369 g/mol. The van der Waals surface area contributed by atoms with E-state index in [1.54, 1.807) is 16.7 Å². The van der Waals surface area contributed by atoms with Gasteiger partial charge in [0.25, 0.3) is 0 Å². The number of nitrogens with zero attached hydrogens (tertiary/aromatic N) is 2. The number of imidazole rings is 1. The Kier molecular flexibility index (Phi) is 4.61. The van der Waals surface area contributed by atoms with Gasteiger partial charge in [-0.25, -0.2) is 9.78 Å². The average molecular weight is 388 g/mol. The maximum Gasteiger partial charge on any atom is 0.416 e. The number of carboxylic acid groups (broad SMARTS) is 1. The standard InChI is InChI=1S/C21H19F3N2O2/c22-21(23,24)15-8-9-18-17(12-15)25-19(10-13-4-1-2-5-13)26(18)16-7-3-6-14(11-16)20(27)28/h3,6-9,11-13H,1-2,4-5,10H2,(H,27,28). The maximum atomic E-state index is 13.1. The van der Waals surface area contributed by atoms with Crippen LogP contribution < -0.4 is 0 Å². The summed E-state index contributed by atoms with van der Waals surface area (Å²) in [6.45, 7) is 0. The quantitative estimate of drug-likeness (QED) is 0.644. The molecule has 4 rings (SSSR count). The van der Waals surface area contributed by atoms with Gasteiger partial charge in [0, 0.05) is 12.1 Å². The van der Waals surface area contributed by atoms with E-state index in [0.717, 1.165) is 37.8 Å². The molecule has 0 atom stereocenters. The molecule has 1 N–H and O–H groups in total. The Morgan fingerprint density at radius 2 is 1.89 bits per heavy atom. The lowest BCUT2D eigenvalue weighted by Crippen LogP contribution is -2.08. The van der Waals surface area contributed by atoms with E-state index >= 15 is 0 Å². The van der Waals surface area contributed by atoms with Gasteiger partial charge in [-0.15, -0.1) is 0 Å². The van der Waals surface area contributed by atoms with Crippen LogP contribution in [0.1, 0.15) is 47.4 Å². The third kappa shape index (κ3) is 3.48. The largest absolute Gasteiger partial charge is 0.478 e. The normalized spacial score (nSPS) is 15.4. The molecule has 2 aromatic carbocycles. The topological polar surface area (TPSA) is 55.1 Å². The number of aromatic nitrogens is 2. The Morgan fingerprint density at radius 1 is 1.14 bits per heavy atom. The van der Waals surface area contributed by atoms with Gasteiger partial charge in [-0.05, 0) is 42.3 Å². The third-order valence-electron chi connectivity index (χ3n) is 5.35. The number of carbonyl (C=O) groups is 1. The van der Waals surface area contributed by atoms with Crippen molar-refractivity contribution in [2.75, 3.05) is 0 Å². The molecule has 0 saturated heterocycles. The molecule has 1 aliphatic carbocycles. The van der Waals surface area contributed by atoms with Crippen LogP contribution in [-0.4, -0.2) is 20.6 Å². The Balaban J connectivity index is 1.88. The Bertz CT molecular complexity index is 1030. The van der Waals surface area contributed by atoms with Crippen molar-refractivity contribution in [3.8, 4) is 5.69 Å². The van der Waals surface area contributed by atoms with Crippen LogP contribution in [0, 0.1) is 5.92 Å². The number of fused-ring (bicyclic) bond motifs is 1. The molecule has 0 unspecified atom stereocenters. The van der Waals surface area contributed by atoms with Crippen molar-refractivity contribution in [2.45, 2.75) is 38.3 Å². The highest BCUT2D eigenvalue weighted by molar-refractivity contribution is 5.88. The minimum atomic E-state index is -4.44. The Labute approximate surface area is 159 Å². The summed E-state index contributed by atoms with van der Waals surface area (Å²) in [5.41, 5.74) is 0.789. The lowest BCUT2D eigenvalue weighted by atomic mass is 10.0. The molecule has 146 valence electrons. The molecule has 0 aliphatic heterocycles. The number of alkyl halides is 3. The molecule has 0 spiro atoms. The fourth-order valence-corrected chi connectivity index (χ4v) is 3.98. The third-order valence-corrected chi connectivity index (χ3v) is 5.35. The van der Waals surface area contributed by atoms with Gasteiger partial charge in [0.1, 0.15) is 5.82 Å². The summed E-state index contributed by atoms with van der Waals surface area (Å²) in [7, 11) is 0. The maximum absolute atomic E-state index is 13.1. The van der Waals surface area contributed by atoms with Crippen molar-refractivity contribution in [1.29, 1.82) is 0 Å². The van der Waals surface area contributed by atoms with Gasteiger partial charge in [-0.1, -0.05) is 31.7 Å². The molecule has 1 heterocycles. The smallest absolute Gasteiger partial charge is 0.416 e. The Morgan fingerprint density at radius 3 is 2.57 bits per heavy atom. The molecular formula is C21H19F3N2O2. The summed E-state index contributed by atoms with van der Waals surface area (Å²) in [6.07, 6.45) is 0.674.